The summed E-state index contributed by atoms with van der Waals surface area (Å²) in [6.45, 7) is 7.65. The molecule has 2 fully saturated rings. The van der Waals surface area contributed by atoms with E-state index in [1.54, 1.807) is 0 Å². The molecule has 2 aliphatic rings. The average Bonchev–Trinajstić information content (AvgIpc) is 2.44. The fourth-order valence-corrected chi connectivity index (χ4v) is 3.41. The normalized spacial score (nSPS) is 33.4. The number of hydrogen-bond acceptors (Lipinski definition) is 4. The minimum Gasteiger partial charge on any atom is -0.469 e. The van der Waals surface area contributed by atoms with E-state index in [1.807, 2.05) is 13.8 Å². The zero-order chi connectivity index (χ0) is 15.6. The molecule has 1 aliphatic heterocycles. The molecule has 2 rings (SSSR count). The first-order valence-corrected chi connectivity index (χ1v) is 8.04. The highest BCUT2D eigenvalue weighted by Crippen LogP contribution is 2.34. The fourth-order valence-electron chi connectivity index (χ4n) is 3.41. The second-order valence-corrected chi connectivity index (χ2v) is 6.89. The van der Waals surface area contributed by atoms with Crippen LogP contribution in [0.15, 0.2) is 0 Å². The summed E-state index contributed by atoms with van der Waals surface area (Å²) in [4.78, 5) is 26.2. The Labute approximate surface area is 127 Å². The average molecular weight is 296 g/mol. The van der Waals surface area contributed by atoms with E-state index in [0.717, 1.165) is 13.1 Å². The van der Waals surface area contributed by atoms with Gasteiger partial charge in [-0.15, -0.1) is 0 Å². The molecule has 0 aromatic carbocycles. The number of hydrogen-bond donors (Lipinski definition) is 1. The van der Waals surface area contributed by atoms with Crippen LogP contribution >= 0.6 is 0 Å². The summed E-state index contributed by atoms with van der Waals surface area (Å²) in [5.41, 5.74) is 0. The minimum absolute atomic E-state index is 0.0282. The van der Waals surface area contributed by atoms with E-state index in [0.29, 0.717) is 18.4 Å². The zero-order valence-electron chi connectivity index (χ0n) is 13.6. The number of methoxy groups -OCH3 is 1. The third-order valence-corrected chi connectivity index (χ3v) is 4.93. The van der Waals surface area contributed by atoms with Gasteiger partial charge >= 0.3 is 5.97 Å². The van der Waals surface area contributed by atoms with Crippen LogP contribution in [-0.4, -0.2) is 49.1 Å². The highest BCUT2D eigenvalue weighted by atomic mass is 16.5. The Morgan fingerprint density at radius 1 is 1.24 bits per heavy atom. The number of ether oxygens (including phenoxy) is 1. The lowest BCUT2D eigenvalue weighted by Gasteiger charge is -2.48. The summed E-state index contributed by atoms with van der Waals surface area (Å²) >= 11 is 0. The molecule has 4 atom stereocenters. The second kappa shape index (κ2) is 6.77. The fraction of sp³-hybridized carbons (Fsp3) is 0.875. The third kappa shape index (κ3) is 3.76. The lowest BCUT2D eigenvalue weighted by Crippen LogP contribution is -2.58. The number of nitrogens with zero attached hydrogens (tertiary/aromatic N) is 1. The SMILES string of the molecule is COC(=O)C1CC(NC(=O)C(C)C)CN(C2CCC2C)C1. The predicted molar refractivity (Wildman–Crippen MR) is 80.7 cm³/mol. The van der Waals surface area contributed by atoms with Crippen molar-refractivity contribution in [3.8, 4) is 0 Å². The lowest BCUT2D eigenvalue weighted by atomic mass is 9.78. The van der Waals surface area contributed by atoms with Gasteiger partial charge in [-0.3, -0.25) is 14.5 Å². The smallest absolute Gasteiger partial charge is 0.310 e. The maximum Gasteiger partial charge on any atom is 0.310 e. The van der Waals surface area contributed by atoms with Crippen LogP contribution in [0.5, 0.6) is 0 Å². The molecule has 0 spiro atoms. The third-order valence-electron chi connectivity index (χ3n) is 4.93. The van der Waals surface area contributed by atoms with Crippen LogP contribution < -0.4 is 5.32 Å². The number of esters is 1. The van der Waals surface area contributed by atoms with Gasteiger partial charge in [-0.25, -0.2) is 0 Å². The summed E-state index contributed by atoms with van der Waals surface area (Å²) in [7, 11) is 1.44. The molecule has 4 unspecified atom stereocenters. The van der Waals surface area contributed by atoms with Crippen LogP contribution in [0, 0.1) is 17.8 Å². The van der Waals surface area contributed by atoms with E-state index in [4.69, 9.17) is 4.74 Å². The number of likely N-dealkylation sites (tertiary alicyclic amines) is 1. The van der Waals surface area contributed by atoms with Gasteiger partial charge in [0, 0.05) is 31.1 Å². The minimum atomic E-state index is -0.157. The summed E-state index contributed by atoms with van der Waals surface area (Å²) in [5, 5.41) is 3.09. The van der Waals surface area contributed by atoms with Crippen molar-refractivity contribution in [3.63, 3.8) is 0 Å². The van der Waals surface area contributed by atoms with Crippen molar-refractivity contribution in [2.24, 2.45) is 17.8 Å². The van der Waals surface area contributed by atoms with Crippen molar-refractivity contribution >= 4 is 11.9 Å². The van der Waals surface area contributed by atoms with E-state index in [-0.39, 0.29) is 29.8 Å². The van der Waals surface area contributed by atoms with Crippen LogP contribution in [0.25, 0.3) is 0 Å². The highest BCUT2D eigenvalue weighted by Gasteiger charge is 2.40. The van der Waals surface area contributed by atoms with Gasteiger partial charge in [0.1, 0.15) is 0 Å². The van der Waals surface area contributed by atoms with Crippen molar-refractivity contribution in [3.05, 3.63) is 0 Å². The van der Waals surface area contributed by atoms with Crippen LogP contribution in [0.3, 0.4) is 0 Å². The van der Waals surface area contributed by atoms with Crippen molar-refractivity contribution in [2.75, 3.05) is 20.2 Å². The van der Waals surface area contributed by atoms with Crippen molar-refractivity contribution in [1.29, 1.82) is 0 Å². The van der Waals surface area contributed by atoms with Gasteiger partial charge in [-0.05, 0) is 25.2 Å². The van der Waals surface area contributed by atoms with E-state index in [2.05, 4.69) is 17.1 Å². The number of nitrogens with one attached hydrogen (secondary N) is 1. The predicted octanol–water partition coefficient (Wildman–Crippen LogP) is 1.42. The molecule has 1 saturated carbocycles. The van der Waals surface area contributed by atoms with Crippen LogP contribution in [0.2, 0.25) is 0 Å². The van der Waals surface area contributed by atoms with E-state index < -0.39 is 0 Å². The Bertz CT molecular complexity index is 397. The number of carbonyl (C=O) groups is 2. The molecular formula is C16H28N2O3. The number of amides is 1. The summed E-state index contributed by atoms with van der Waals surface area (Å²) in [5.74, 6) is 0.430. The van der Waals surface area contributed by atoms with Gasteiger partial charge in [0.25, 0.3) is 0 Å². The maximum atomic E-state index is 11.9. The number of rotatable bonds is 4. The first-order valence-electron chi connectivity index (χ1n) is 8.04. The molecule has 1 N–H and O–H groups in total. The lowest BCUT2D eigenvalue weighted by molar-refractivity contribution is -0.149. The first-order chi connectivity index (χ1) is 9.92. The first kappa shape index (κ1) is 16.3. The molecule has 1 aliphatic carbocycles. The van der Waals surface area contributed by atoms with E-state index in [9.17, 15) is 9.59 Å². The summed E-state index contributed by atoms with van der Waals surface area (Å²) in [6.07, 6.45) is 3.13. The molecule has 5 nitrogen and oxygen atoms in total. The topological polar surface area (TPSA) is 58.6 Å². The van der Waals surface area contributed by atoms with Gasteiger partial charge in [-0.1, -0.05) is 20.8 Å². The van der Waals surface area contributed by atoms with Gasteiger partial charge in [0.15, 0.2) is 0 Å². The molecule has 0 aromatic heterocycles. The molecule has 0 radical (unpaired) electrons. The molecule has 21 heavy (non-hydrogen) atoms. The second-order valence-electron chi connectivity index (χ2n) is 6.89. The number of carbonyl (C=O) groups excluding carboxylic acids is 2. The molecule has 0 aromatic rings. The van der Waals surface area contributed by atoms with Crippen molar-refractivity contribution < 1.29 is 14.3 Å². The molecule has 1 saturated heterocycles. The monoisotopic (exact) mass is 296 g/mol. The van der Waals surface area contributed by atoms with E-state index in [1.165, 1.54) is 20.0 Å². The summed E-state index contributed by atoms with van der Waals surface area (Å²) in [6, 6.07) is 0.599. The largest absolute Gasteiger partial charge is 0.469 e. The Morgan fingerprint density at radius 2 is 1.95 bits per heavy atom. The van der Waals surface area contributed by atoms with Gasteiger partial charge in [0.05, 0.1) is 13.0 Å². The van der Waals surface area contributed by atoms with Crippen LogP contribution in [0.4, 0.5) is 0 Å². The number of piperidine rings is 1. The molecule has 1 amide bonds. The Kier molecular flexibility index (Phi) is 5.25. The molecule has 0 bridgehead atoms. The Morgan fingerprint density at radius 3 is 2.43 bits per heavy atom. The van der Waals surface area contributed by atoms with Crippen LogP contribution in [-0.2, 0) is 14.3 Å². The Hall–Kier alpha value is -1.10. The maximum absolute atomic E-state index is 11.9. The molecular weight excluding hydrogens is 268 g/mol. The standard InChI is InChI=1S/C16H28N2O3/c1-10(2)15(19)17-13-7-12(16(20)21-4)8-18(9-13)14-6-5-11(14)3/h10-14H,5-9H2,1-4H3,(H,17,19). The molecule has 1 heterocycles. The van der Waals surface area contributed by atoms with Crippen molar-refractivity contribution in [1.82, 2.24) is 10.2 Å². The quantitative estimate of drug-likeness (QED) is 0.797. The van der Waals surface area contributed by atoms with Gasteiger partial charge in [0.2, 0.25) is 5.91 Å². The molecule has 5 heteroatoms. The van der Waals surface area contributed by atoms with E-state index >= 15 is 0 Å². The van der Waals surface area contributed by atoms with Crippen LogP contribution in [0.1, 0.15) is 40.0 Å². The summed E-state index contributed by atoms with van der Waals surface area (Å²) < 4.78 is 4.92. The van der Waals surface area contributed by atoms with Crippen molar-refractivity contribution in [2.45, 2.75) is 52.1 Å². The highest BCUT2D eigenvalue weighted by molar-refractivity contribution is 5.78. The molecule has 120 valence electrons. The van der Waals surface area contributed by atoms with Gasteiger partial charge < -0.3 is 10.1 Å². The zero-order valence-corrected chi connectivity index (χ0v) is 13.6. The van der Waals surface area contributed by atoms with Gasteiger partial charge in [-0.2, -0.15) is 0 Å². The Balaban J connectivity index is 2.02.